The van der Waals surface area contributed by atoms with Gasteiger partial charge in [-0.15, -0.1) is 0 Å². The van der Waals surface area contributed by atoms with Crippen molar-refractivity contribution in [2.24, 2.45) is 0 Å². The monoisotopic (exact) mass is 331 g/mol. The van der Waals surface area contributed by atoms with Gasteiger partial charge in [-0.1, -0.05) is 15.9 Å². The molecule has 0 bridgehead atoms. The molecule has 2 aromatic rings. The van der Waals surface area contributed by atoms with Crippen LogP contribution in [0.4, 0.5) is 0 Å². The first-order valence-electron chi connectivity index (χ1n) is 7.00. The fourth-order valence-corrected chi connectivity index (χ4v) is 3.98. The molecule has 0 N–H and O–H groups in total. The second-order valence-electron chi connectivity index (χ2n) is 5.65. The molecule has 0 spiro atoms. The van der Waals surface area contributed by atoms with Crippen molar-refractivity contribution in [3.8, 4) is 5.69 Å². The number of carbonyl (C=O) groups excluding carboxylic acids is 1. The molecule has 1 aliphatic carbocycles. The molecule has 1 aliphatic rings. The normalized spacial score (nSPS) is 14.5. The molecule has 1 heterocycles. The van der Waals surface area contributed by atoms with Crippen LogP contribution in [0.2, 0.25) is 0 Å². The number of hydrogen-bond acceptors (Lipinski definition) is 1. The van der Waals surface area contributed by atoms with Gasteiger partial charge >= 0.3 is 0 Å². The highest BCUT2D eigenvalue weighted by Crippen LogP contribution is 2.32. The minimum atomic E-state index is 0.292. The van der Waals surface area contributed by atoms with Gasteiger partial charge in [0.05, 0.1) is 5.69 Å². The van der Waals surface area contributed by atoms with Gasteiger partial charge in [-0.3, -0.25) is 4.79 Å². The second-order valence-corrected chi connectivity index (χ2v) is 6.56. The third-order valence-corrected chi connectivity index (χ3v) is 4.54. The van der Waals surface area contributed by atoms with Crippen molar-refractivity contribution >= 4 is 21.7 Å². The summed E-state index contributed by atoms with van der Waals surface area (Å²) in [5.41, 5.74) is 6.95. The first-order chi connectivity index (χ1) is 9.49. The lowest BCUT2D eigenvalue weighted by Crippen LogP contribution is -2.14. The predicted octanol–water partition coefficient (Wildman–Crippen LogP) is 4.68. The van der Waals surface area contributed by atoms with Gasteiger partial charge in [-0.05, 0) is 62.9 Å². The van der Waals surface area contributed by atoms with E-state index in [0.29, 0.717) is 12.2 Å². The Bertz CT molecular complexity index is 689. The second kappa shape index (κ2) is 4.88. The average Bonchev–Trinajstić information content (AvgIpc) is 2.67. The Kier molecular flexibility index (Phi) is 3.33. The van der Waals surface area contributed by atoms with Crippen LogP contribution in [0.1, 0.15) is 45.7 Å². The standard InChI is InChI=1S/C17H18BrNO/c1-10-7-13(18)8-11(2)17(10)19-12(3)9-14-15(19)5-4-6-16(14)20/h7-9H,4-6H2,1-3H3. The van der Waals surface area contributed by atoms with E-state index in [2.05, 4.69) is 59.5 Å². The Morgan fingerprint density at radius 3 is 2.35 bits per heavy atom. The summed E-state index contributed by atoms with van der Waals surface area (Å²) in [6.07, 6.45) is 2.64. The van der Waals surface area contributed by atoms with Crippen molar-refractivity contribution < 1.29 is 4.79 Å². The number of nitrogens with zero attached hydrogens (tertiary/aromatic N) is 1. The lowest BCUT2D eigenvalue weighted by atomic mass is 9.96. The highest BCUT2D eigenvalue weighted by molar-refractivity contribution is 9.10. The molecule has 0 radical (unpaired) electrons. The van der Waals surface area contributed by atoms with Crippen molar-refractivity contribution in [2.45, 2.75) is 40.0 Å². The Labute approximate surface area is 127 Å². The molecular formula is C17H18BrNO. The zero-order valence-corrected chi connectivity index (χ0v) is 13.7. The molecule has 104 valence electrons. The topological polar surface area (TPSA) is 22.0 Å². The molecule has 0 aliphatic heterocycles. The van der Waals surface area contributed by atoms with Crippen LogP contribution < -0.4 is 0 Å². The molecule has 20 heavy (non-hydrogen) atoms. The van der Waals surface area contributed by atoms with Crippen molar-refractivity contribution in [3.05, 3.63) is 50.8 Å². The fraction of sp³-hybridized carbons (Fsp3) is 0.353. The number of carbonyl (C=O) groups is 1. The molecule has 0 saturated heterocycles. The van der Waals surface area contributed by atoms with Crippen LogP contribution in [-0.4, -0.2) is 10.4 Å². The first kappa shape index (κ1) is 13.6. The van der Waals surface area contributed by atoms with Gasteiger partial charge in [0.25, 0.3) is 0 Å². The Morgan fingerprint density at radius 2 is 1.70 bits per heavy atom. The number of Topliss-reactive ketones (excluding diaryl/α,β-unsaturated/α-hetero) is 1. The molecule has 0 unspecified atom stereocenters. The maximum atomic E-state index is 12.1. The number of aryl methyl sites for hydroxylation is 3. The average molecular weight is 332 g/mol. The van der Waals surface area contributed by atoms with Crippen molar-refractivity contribution in [1.82, 2.24) is 4.57 Å². The number of ketones is 1. The van der Waals surface area contributed by atoms with Gasteiger partial charge < -0.3 is 4.57 Å². The van der Waals surface area contributed by atoms with E-state index in [1.807, 2.05) is 0 Å². The number of aromatic nitrogens is 1. The van der Waals surface area contributed by atoms with E-state index >= 15 is 0 Å². The van der Waals surface area contributed by atoms with Gasteiger partial charge in [-0.25, -0.2) is 0 Å². The summed E-state index contributed by atoms with van der Waals surface area (Å²) in [5.74, 6) is 0.292. The van der Waals surface area contributed by atoms with Gasteiger partial charge in [0.15, 0.2) is 5.78 Å². The number of hydrogen-bond donors (Lipinski definition) is 0. The predicted molar refractivity (Wildman–Crippen MR) is 84.9 cm³/mol. The summed E-state index contributed by atoms with van der Waals surface area (Å²) < 4.78 is 3.38. The van der Waals surface area contributed by atoms with E-state index in [0.717, 1.165) is 28.6 Å². The van der Waals surface area contributed by atoms with E-state index in [1.165, 1.54) is 22.5 Å². The van der Waals surface area contributed by atoms with Crippen molar-refractivity contribution in [1.29, 1.82) is 0 Å². The summed E-state index contributed by atoms with van der Waals surface area (Å²) in [6.45, 7) is 6.35. The van der Waals surface area contributed by atoms with E-state index in [9.17, 15) is 4.79 Å². The zero-order chi connectivity index (χ0) is 14.4. The largest absolute Gasteiger partial charge is 0.317 e. The summed E-state index contributed by atoms with van der Waals surface area (Å²) in [7, 11) is 0. The number of fused-ring (bicyclic) bond motifs is 1. The SMILES string of the molecule is Cc1cc(Br)cc(C)c1-n1c(C)cc2c1CCCC2=O. The summed E-state index contributed by atoms with van der Waals surface area (Å²) in [4.78, 5) is 12.1. The van der Waals surface area contributed by atoms with Crippen molar-refractivity contribution in [3.63, 3.8) is 0 Å². The van der Waals surface area contributed by atoms with Gasteiger partial charge in [0, 0.05) is 27.8 Å². The molecule has 0 saturated carbocycles. The van der Waals surface area contributed by atoms with Gasteiger partial charge in [0.2, 0.25) is 0 Å². The van der Waals surface area contributed by atoms with Crippen LogP contribution in [0.15, 0.2) is 22.7 Å². The van der Waals surface area contributed by atoms with E-state index in [1.54, 1.807) is 0 Å². The summed E-state index contributed by atoms with van der Waals surface area (Å²) in [6, 6.07) is 6.33. The molecule has 0 fully saturated rings. The van der Waals surface area contributed by atoms with E-state index in [-0.39, 0.29) is 0 Å². The fourth-order valence-electron chi connectivity index (χ4n) is 3.30. The minimum Gasteiger partial charge on any atom is -0.317 e. The first-order valence-corrected chi connectivity index (χ1v) is 7.80. The molecule has 2 nitrogen and oxygen atoms in total. The van der Waals surface area contributed by atoms with Crippen LogP contribution >= 0.6 is 15.9 Å². The zero-order valence-electron chi connectivity index (χ0n) is 12.1. The highest BCUT2D eigenvalue weighted by atomic mass is 79.9. The lowest BCUT2D eigenvalue weighted by Gasteiger charge is -2.20. The van der Waals surface area contributed by atoms with Gasteiger partial charge in [-0.2, -0.15) is 0 Å². The maximum absolute atomic E-state index is 12.1. The molecule has 0 atom stereocenters. The molecule has 3 heteroatoms. The summed E-state index contributed by atoms with van der Waals surface area (Å²) >= 11 is 3.55. The number of benzene rings is 1. The van der Waals surface area contributed by atoms with E-state index < -0.39 is 0 Å². The molecule has 1 aromatic heterocycles. The van der Waals surface area contributed by atoms with Crippen LogP contribution in [0.5, 0.6) is 0 Å². The van der Waals surface area contributed by atoms with Crippen molar-refractivity contribution in [2.75, 3.05) is 0 Å². The number of halogens is 1. The number of rotatable bonds is 1. The molecule has 1 aromatic carbocycles. The van der Waals surface area contributed by atoms with Crippen LogP contribution in [0, 0.1) is 20.8 Å². The maximum Gasteiger partial charge on any atom is 0.164 e. The van der Waals surface area contributed by atoms with E-state index in [4.69, 9.17) is 0 Å². The van der Waals surface area contributed by atoms with Crippen LogP contribution in [0.25, 0.3) is 5.69 Å². The smallest absolute Gasteiger partial charge is 0.164 e. The minimum absolute atomic E-state index is 0.292. The van der Waals surface area contributed by atoms with Crippen LogP contribution in [-0.2, 0) is 6.42 Å². The molecule has 3 rings (SSSR count). The Balaban J connectivity index is 2.29. The molecular weight excluding hydrogens is 314 g/mol. The lowest BCUT2D eigenvalue weighted by molar-refractivity contribution is 0.0972. The summed E-state index contributed by atoms with van der Waals surface area (Å²) in [5, 5.41) is 0. The Hall–Kier alpha value is -1.35. The third-order valence-electron chi connectivity index (χ3n) is 4.08. The van der Waals surface area contributed by atoms with Crippen LogP contribution in [0.3, 0.4) is 0 Å². The quantitative estimate of drug-likeness (QED) is 0.743. The van der Waals surface area contributed by atoms with Gasteiger partial charge in [0.1, 0.15) is 0 Å². The Morgan fingerprint density at radius 1 is 1.05 bits per heavy atom. The third kappa shape index (κ3) is 2.05. The highest BCUT2D eigenvalue weighted by Gasteiger charge is 2.24. The molecule has 0 amide bonds.